The first kappa shape index (κ1) is 33.6. The quantitative estimate of drug-likeness (QED) is 0.0859. The van der Waals surface area contributed by atoms with Gasteiger partial charge in [-0.1, -0.05) is 53.6 Å². The molecule has 0 saturated carbocycles. The van der Waals surface area contributed by atoms with Crippen molar-refractivity contribution in [1.29, 1.82) is 0 Å². The summed E-state index contributed by atoms with van der Waals surface area (Å²) in [4.78, 5) is -0.244. The molecule has 5 rings (SSSR count). The van der Waals surface area contributed by atoms with Crippen molar-refractivity contribution in [3.05, 3.63) is 120 Å². The number of hydrogen-bond acceptors (Lipinski definition) is 7. The number of guanidine groups is 1. The van der Waals surface area contributed by atoms with Crippen LogP contribution in [0.25, 0.3) is 16.9 Å². The summed E-state index contributed by atoms with van der Waals surface area (Å²) in [5.74, 6) is -0.0552. The van der Waals surface area contributed by atoms with Crippen LogP contribution in [0.4, 0.5) is 0 Å². The Kier molecular flexibility index (Phi) is 11.1. The molecule has 0 aliphatic rings. The van der Waals surface area contributed by atoms with E-state index in [-0.39, 0.29) is 15.8 Å². The zero-order valence-corrected chi connectivity index (χ0v) is 25.8. The van der Waals surface area contributed by atoms with Crippen LogP contribution in [0.5, 0.6) is 0 Å². The summed E-state index contributed by atoms with van der Waals surface area (Å²) in [5, 5.41) is 7.38. The Labute approximate surface area is 256 Å². The molecule has 14 heteroatoms. The average molecular weight is 637 g/mol. The molecular formula is C30H32N6O6S2. The van der Waals surface area contributed by atoms with Crippen molar-refractivity contribution in [1.82, 2.24) is 4.57 Å². The fourth-order valence-corrected chi connectivity index (χ4v) is 4.72. The van der Waals surface area contributed by atoms with Crippen LogP contribution in [-0.4, -0.2) is 42.7 Å². The molecule has 3 aromatic carbocycles. The molecule has 44 heavy (non-hydrogen) atoms. The molecule has 5 aromatic rings. The van der Waals surface area contributed by atoms with Gasteiger partial charge in [0.05, 0.1) is 29.3 Å². The molecule has 0 saturated heterocycles. The van der Waals surface area contributed by atoms with Crippen LogP contribution in [0.1, 0.15) is 16.7 Å². The molecule has 0 unspecified atom stereocenters. The van der Waals surface area contributed by atoms with Crippen molar-refractivity contribution in [2.45, 2.75) is 23.6 Å². The molecular weight excluding hydrogens is 604 g/mol. The van der Waals surface area contributed by atoms with Crippen molar-refractivity contribution < 1.29 is 30.3 Å². The maximum absolute atomic E-state index is 10.5. The summed E-state index contributed by atoms with van der Waals surface area (Å²) in [6.07, 6.45) is 5.76. The minimum atomic E-state index is -4.27. The van der Waals surface area contributed by atoms with Crippen LogP contribution < -0.4 is 15.9 Å². The predicted octanol–water partition coefficient (Wildman–Crippen LogP) is 3.18. The SMILES string of the molecule is Cc1ccc(S(=O)(=O)O)cc1.Cc1ccc(S(=O)(=O)[O-])cc1.Cn1c(-c2ccc(/C=N/N=C(N)N)cc2)c[n+]2ccccc12. The van der Waals surface area contributed by atoms with Gasteiger partial charge in [0, 0.05) is 11.6 Å². The van der Waals surface area contributed by atoms with Crippen molar-refractivity contribution in [3.8, 4) is 11.3 Å². The lowest BCUT2D eigenvalue weighted by Crippen LogP contribution is -2.21. The smallest absolute Gasteiger partial charge is 0.294 e. The zero-order chi connectivity index (χ0) is 32.5. The highest BCUT2D eigenvalue weighted by Gasteiger charge is 2.14. The van der Waals surface area contributed by atoms with Gasteiger partial charge in [0.1, 0.15) is 16.3 Å². The number of aryl methyl sites for hydroxylation is 3. The Morgan fingerprint density at radius 2 is 1.39 bits per heavy atom. The van der Waals surface area contributed by atoms with Crippen LogP contribution in [0.3, 0.4) is 0 Å². The first-order chi connectivity index (χ1) is 20.6. The number of benzene rings is 3. The average Bonchev–Trinajstić information content (AvgIpc) is 3.30. The van der Waals surface area contributed by atoms with Gasteiger partial charge in [-0.3, -0.25) is 4.55 Å². The first-order valence-corrected chi connectivity index (χ1v) is 15.7. The Morgan fingerprint density at radius 1 is 0.841 bits per heavy atom. The second kappa shape index (κ2) is 14.5. The molecule has 0 radical (unpaired) electrons. The molecule has 12 nitrogen and oxygen atoms in total. The summed E-state index contributed by atoms with van der Waals surface area (Å²) in [7, 11) is -6.23. The van der Waals surface area contributed by atoms with Gasteiger partial charge in [-0.2, -0.15) is 13.5 Å². The van der Waals surface area contributed by atoms with Gasteiger partial charge < -0.3 is 16.0 Å². The van der Waals surface area contributed by atoms with E-state index in [0.29, 0.717) is 0 Å². The molecule has 0 fully saturated rings. The molecule has 0 aliphatic heterocycles. The fourth-order valence-electron chi connectivity index (χ4n) is 3.77. The Balaban J connectivity index is 0.000000202. The van der Waals surface area contributed by atoms with E-state index in [0.717, 1.165) is 33.6 Å². The van der Waals surface area contributed by atoms with Gasteiger partial charge in [-0.15, -0.1) is 5.10 Å². The van der Waals surface area contributed by atoms with Crippen LogP contribution in [0.2, 0.25) is 0 Å². The lowest BCUT2D eigenvalue weighted by molar-refractivity contribution is -0.510. The number of aromatic nitrogens is 2. The van der Waals surface area contributed by atoms with E-state index in [4.69, 9.17) is 16.0 Å². The van der Waals surface area contributed by atoms with Gasteiger partial charge in [0.25, 0.3) is 15.8 Å². The van der Waals surface area contributed by atoms with E-state index >= 15 is 0 Å². The molecule has 0 atom stereocenters. The number of pyridine rings is 1. The molecule has 0 amide bonds. The number of nitrogens with two attached hydrogens (primary N) is 2. The number of rotatable bonds is 5. The fraction of sp³-hybridized carbons (Fsp3) is 0.100. The highest BCUT2D eigenvalue weighted by atomic mass is 32.2. The van der Waals surface area contributed by atoms with Crippen LogP contribution in [0, 0.1) is 13.8 Å². The van der Waals surface area contributed by atoms with Gasteiger partial charge in [-0.05, 0) is 61.9 Å². The third-order valence-corrected chi connectivity index (χ3v) is 7.77. The normalized spacial score (nSPS) is 11.3. The Bertz CT molecular complexity index is 1910. The van der Waals surface area contributed by atoms with Crippen LogP contribution >= 0.6 is 0 Å². The van der Waals surface area contributed by atoms with Gasteiger partial charge in [-0.25, -0.2) is 17.4 Å². The molecule has 5 N–H and O–H groups in total. The predicted molar refractivity (Wildman–Crippen MR) is 168 cm³/mol. The van der Waals surface area contributed by atoms with Crippen molar-refractivity contribution in [2.24, 2.45) is 28.7 Å². The minimum absolute atomic E-state index is 0.0552. The molecule has 0 bridgehead atoms. The second-order valence-electron chi connectivity index (χ2n) is 9.49. The second-order valence-corrected chi connectivity index (χ2v) is 12.3. The zero-order valence-electron chi connectivity index (χ0n) is 24.1. The largest absolute Gasteiger partial charge is 0.744 e. The lowest BCUT2D eigenvalue weighted by Gasteiger charge is -2.05. The van der Waals surface area contributed by atoms with Crippen molar-refractivity contribution in [2.75, 3.05) is 0 Å². The lowest BCUT2D eigenvalue weighted by atomic mass is 10.1. The van der Waals surface area contributed by atoms with E-state index in [1.54, 1.807) is 30.5 Å². The molecule has 0 aliphatic carbocycles. The number of fused-ring (bicyclic) bond motifs is 1. The van der Waals surface area contributed by atoms with Crippen LogP contribution in [0.15, 0.2) is 123 Å². The molecule has 2 aromatic heterocycles. The van der Waals surface area contributed by atoms with E-state index in [9.17, 15) is 21.4 Å². The Morgan fingerprint density at radius 3 is 1.86 bits per heavy atom. The highest BCUT2D eigenvalue weighted by molar-refractivity contribution is 7.86. The van der Waals surface area contributed by atoms with Crippen molar-refractivity contribution in [3.63, 3.8) is 0 Å². The van der Waals surface area contributed by atoms with E-state index in [2.05, 4.69) is 38.5 Å². The van der Waals surface area contributed by atoms with Gasteiger partial charge in [0.2, 0.25) is 5.96 Å². The van der Waals surface area contributed by atoms with E-state index in [1.165, 1.54) is 24.3 Å². The Hall–Kier alpha value is -4.89. The van der Waals surface area contributed by atoms with Gasteiger partial charge >= 0.3 is 0 Å². The van der Waals surface area contributed by atoms with E-state index < -0.39 is 20.2 Å². The number of hydrogen-bond donors (Lipinski definition) is 3. The molecule has 2 heterocycles. The van der Waals surface area contributed by atoms with Gasteiger partial charge in [0.15, 0.2) is 5.69 Å². The van der Waals surface area contributed by atoms with Crippen LogP contribution in [-0.2, 0) is 27.3 Å². The minimum Gasteiger partial charge on any atom is -0.744 e. The third-order valence-electron chi connectivity index (χ3n) is 6.05. The topological polar surface area (TPSA) is 197 Å². The summed E-state index contributed by atoms with van der Waals surface area (Å²) in [6, 6.07) is 25.9. The summed E-state index contributed by atoms with van der Waals surface area (Å²) >= 11 is 0. The monoisotopic (exact) mass is 636 g/mol. The summed E-state index contributed by atoms with van der Waals surface area (Å²) < 4.78 is 65.0. The molecule has 0 spiro atoms. The van der Waals surface area contributed by atoms with Crippen molar-refractivity contribution >= 4 is 38.1 Å². The standard InChI is InChI=1S/C16H17N6.2C7H8O3S/c1-21-14(11-22-9-3-2-4-15(21)22)13-7-5-12(6-8-13)10-19-20-16(17)18;2*1-6-2-4-7(5-3-6)11(8,9)10/h2-11H,1H3,(H4,17,18,20);2*2-5H,1H3,(H,8,9,10)/q+1;;/p-1/b19-10+;;. The third kappa shape index (κ3) is 9.84. The number of imidazole rings is 1. The maximum Gasteiger partial charge on any atom is 0.294 e. The van der Waals surface area contributed by atoms with E-state index in [1.807, 2.05) is 56.4 Å². The highest BCUT2D eigenvalue weighted by Crippen LogP contribution is 2.19. The number of nitrogens with zero attached hydrogens (tertiary/aromatic N) is 4. The first-order valence-electron chi connectivity index (χ1n) is 12.9. The maximum atomic E-state index is 10.5. The summed E-state index contributed by atoms with van der Waals surface area (Å²) in [5.41, 5.74) is 16.7. The summed E-state index contributed by atoms with van der Waals surface area (Å²) in [6.45, 7) is 3.66. The molecule has 230 valence electrons.